The number of hydrogen-bond acceptors (Lipinski definition) is 5. The molecule has 0 radical (unpaired) electrons. The predicted octanol–water partition coefficient (Wildman–Crippen LogP) is 4.03. The first-order chi connectivity index (χ1) is 13.7. The van der Waals surface area contributed by atoms with Crippen molar-refractivity contribution in [3.8, 4) is 5.75 Å². The van der Waals surface area contributed by atoms with E-state index >= 15 is 0 Å². The van der Waals surface area contributed by atoms with Gasteiger partial charge in [0, 0.05) is 44.3 Å². The number of pyridine rings is 1. The number of nitrogens with zero attached hydrogens (tertiary/aromatic N) is 3. The van der Waals surface area contributed by atoms with Crippen molar-refractivity contribution in [2.75, 3.05) is 37.4 Å². The summed E-state index contributed by atoms with van der Waals surface area (Å²) in [5.74, 6) is 1.57. The monoisotopic (exact) mass is 396 g/mol. The maximum atomic E-state index is 8.07. The Morgan fingerprint density at radius 1 is 1.14 bits per heavy atom. The van der Waals surface area contributed by atoms with Crippen molar-refractivity contribution in [3.63, 3.8) is 0 Å². The summed E-state index contributed by atoms with van der Waals surface area (Å²) in [6.07, 6.45) is 9.02. The molecule has 28 heavy (non-hydrogen) atoms. The van der Waals surface area contributed by atoms with E-state index in [2.05, 4.69) is 45.1 Å². The smallest absolute Gasteiger partial charge is 0.156 e. The number of rotatable bonds is 4. The van der Waals surface area contributed by atoms with E-state index in [1.807, 2.05) is 18.6 Å². The van der Waals surface area contributed by atoms with Crippen molar-refractivity contribution in [1.29, 1.82) is 5.41 Å². The molecule has 0 aliphatic carbocycles. The fourth-order valence-electron chi connectivity index (χ4n) is 4.05. The van der Waals surface area contributed by atoms with Gasteiger partial charge in [0.15, 0.2) is 5.17 Å². The Balaban J connectivity index is 1.30. The lowest BCUT2D eigenvalue weighted by atomic mass is 9.97. The molecule has 1 fully saturated rings. The summed E-state index contributed by atoms with van der Waals surface area (Å²) in [5, 5.41) is 8.72. The Morgan fingerprint density at radius 2 is 1.93 bits per heavy atom. The standard InChI is InChI=1S/C22H28N4OS/c1-28-22(23)26-13-8-18-2-3-21(14-19(18)15-26)27-16-17-6-11-25(12-7-17)20-4-9-24-10-5-20/h2-5,9-10,14,17,23H,6-8,11-13,15-16H2,1H3. The summed E-state index contributed by atoms with van der Waals surface area (Å²) in [6.45, 7) is 4.69. The van der Waals surface area contributed by atoms with Gasteiger partial charge in [-0.2, -0.15) is 0 Å². The van der Waals surface area contributed by atoms with Crippen molar-refractivity contribution in [1.82, 2.24) is 9.88 Å². The first kappa shape index (κ1) is 19.1. The van der Waals surface area contributed by atoms with Gasteiger partial charge in [-0.15, -0.1) is 0 Å². The Kier molecular flexibility index (Phi) is 6.05. The van der Waals surface area contributed by atoms with Gasteiger partial charge in [0.2, 0.25) is 0 Å². The molecule has 1 N–H and O–H groups in total. The van der Waals surface area contributed by atoms with Gasteiger partial charge in [-0.1, -0.05) is 17.8 Å². The zero-order valence-corrected chi connectivity index (χ0v) is 17.3. The number of benzene rings is 1. The van der Waals surface area contributed by atoms with Crippen molar-refractivity contribution >= 4 is 22.6 Å². The van der Waals surface area contributed by atoms with Gasteiger partial charge in [-0.3, -0.25) is 10.4 Å². The molecular formula is C22H28N4OS. The Labute approximate surface area is 171 Å². The molecule has 0 unspecified atom stereocenters. The Morgan fingerprint density at radius 3 is 2.68 bits per heavy atom. The molecule has 0 bridgehead atoms. The molecule has 3 heterocycles. The molecule has 148 valence electrons. The number of anilines is 1. The normalized spacial score (nSPS) is 17.3. The van der Waals surface area contributed by atoms with E-state index in [1.54, 1.807) is 0 Å². The van der Waals surface area contributed by atoms with Crippen LogP contribution < -0.4 is 9.64 Å². The molecule has 1 aromatic heterocycles. The second kappa shape index (κ2) is 8.86. The average Bonchev–Trinajstić information content (AvgIpc) is 2.77. The third kappa shape index (κ3) is 4.43. The van der Waals surface area contributed by atoms with E-state index in [-0.39, 0.29) is 0 Å². The zero-order valence-electron chi connectivity index (χ0n) is 16.4. The quantitative estimate of drug-likeness (QED) is 0.625. The first-order valence-electron chi connectivity index (χ1n) is 10.00. The summed E-state index contributed by atoms with van der Waals surface area (Å²) in [6, 6.07) is 10.7. The van der Waals surface area contributed by atoms with Crippen LogP contribution in [-0.4, -0.2) is 47.5 Å². The van der Waals surface area contributed by atoms with E-state index < -0.39 is 0 Å². The number of fused-ring (bicyclic) bond motifs is 1. The van der Waals surface area contributed by atoms with Crippen LogP contribution in [0.3, 0.4) is 0 Å². The van der Waals surface area contributed by atoms with Crippen LogP contribution in [0.5, 0.6) is 5.75 Å². The third-order valence-electron chi connectivity index (χ3n) is 5.80. The SMILES string of the molecule is CSC(=N)N1CCc2ccc(OCC3CCN(c4ccncc4)CC3)cc2C1. The van der Waals surface area contributed by atoms with Crippen molar-refractivity contribution in [2.24, 2.45) is 5.92 Å². The summed E-state index contributed by atoms with van der Waals surface area (Å²) in [7, 11) is 0. The van der Waals surface area contributed by atoms with Gasteiger partial charge in [0.25, 0.3) is 0 Å². The highest BCUT2D eigenvalue weighted by Gasteiger charge is 2.21. The fourth-order valence-corrected chi connectivity index (χ4v) is 4.47. The molecule has 6 heteroatoms. The molecule has 5 nitrogen and oxygen atoms in total. The lowest BCUT2D eigenvalue weighted by molar-refractivity contribution is 0.222. The van der Waals surface area contributed by atoms with Gasteiger partial charge in [-0.05, 0) is 66.8 Å². The first-order valence-corrected chi connectivity index (χ1v) is 11.2. The van der Waals surface area contributed by atoms with E-state index in [1.165, 1.54) is 28.6 Å². The molecule has 2 aromatic rings. The molecule has 4 rings (SSSR count). The molecule has 2 aliphatic rings. The van der Waals surface area contributed by atoms with Crippen LogP contribution in [0.2, 0.25) is 0 Å². The number of piperidine rings is 1. The van der Waals surface area contributed by atoms with Crippen molar-refractivity contribution in [3.05, 3.63) is 53.9 Å². The highest BCUT2D eigenvalue weighted by Crippen LogP contribution is 2.27. The number of amidine groups is 1. The third-order valence-corrected chi connectivity index (χ3v) is 6.44. The van der Waals surface area contributed by atoms with Crippen LogP contribution in [0.1, 0.15) is 24.0 Å². The highest BCUT2D eigenvalue weighted by molar-refractivity contribution is 8.13. The molecule has 0 saturated carbocycles. The predicted molar refractivity (Wildman–Crippen MR) is 116 cm³/mol. The van der Waals surface area contributed by atoms with Gasteiger partial charge in [0.1, 0.15) is 5.75 Å². The van der Waals surface area contributed by atoms with Crippen LogP contribution in [0.15, 0.2) is 42.7 Å². The van der Waals surface area contributed by atoms with Gasteiger partial charge >= 0.3 is 0 Å². The molecule has 1 saturated heterocycles. The number of aromatic nitrogens is 1. The molecular weight excluding hydrogens is 368 g/mol. The van der Waals surface area contributed by atoms with Gasteiger partial charge < -0.3 is 14.5 Å². The van der Waals surface area contributed by atoms with Crippen LogP contribution in [0.4, 0.5) is 5.69 Å². The second-order valence-corrected chi connectivity index (χ2v) is 8.35. The lowest BCUT2D eigenvalue weighted by Gasteiger charge is -2.33. The average molecular weight is 397 g/mol. The minimum Gasteiger partial charge on any atom is -0.493 e. The fraction of sp³-hybridized carbons (Fsp3) is 0.455. The van der Waals surface area contributed by atoms with Crippen molar-refractivity contribution in [2.45, 2.75) is 25.8 Å². The number of ether oxygens (including phenoxy) is 1. The van der Waals surface area contributed by atoms with Crippen molar-refractivity contribution < 1.29 is 4.74 Å². The topological polar surface area (TPSA) is 52.5 Å². The number of hydrogen-bond donors (Lipinski definition) is 1. The molecule has 0 amide bonds. The van der Waals surface area contributed by atoms with Crippen LogP contribution in [-0.2, 0) is 13.0 Å². The zero-order chi connectivity index (χ0) is 19.3. The lowest BCUT2D eigenvalue weighted by Crippen LogP contribution is -2.35. The van der Waals surface area contributed by atoms with E-state index in [0.29, 0.717) is 11.1 Å². The number of nitrogens with one attached hydrogen (secondary N) is 1. The Bertz CT molecular complexity index is 805. The summed E-state index contributed by atoms with van der Waals surface area (Å²) in [4.78, 5) is 8.69. The minimum atomic E-state index is 0.607. The highest BCUT2D eigenvalue weighted by atomic mass is 32.2. The minimum absolute atomic E-state index is 0.607. The number of thioether (sulfide) groups is 1. The van der Waals surface area contributed by atoms with E-state index in [0.717, 1.165) is 57.8 Å². The molecule has 0 atom stereocenters. The van der Waals surface area contributed by atoms with Crippen LogP contribution in [0.25, 0.3) is 0 Å². The summed E-state index contributed by atoms with van der Waals surface area (Å²) < 4.78 is 6.17. The molecule has 2 aliphatic heterocycles. The molecule has 0 spiro atoms. The van der Waals surface area contributed by atoms with E-state index in [9.17, 15) is 0 Å². The Hall–Kier alpha value is -2.21. The summed E-state index contributed by atoms with van der Waals surface area (Å²) in [5.41, 5.74) is 3.96. The van der Waals surface area contributed by atoms with Gasteiger partial charge in [0.05, 0.1) is 6.61 Å². The van der Waals surface area contributed by atoms with Crippen LogP contribution in [0, 0.1) is 11.3 Å². The largest absolute Gasteiger partial charge is 0.493 e. The van der Waals surface area contributed by atoms with Gasteiger partial charge in [-0.25, -0.2) is 0 Å². The maximum Gasteiger partial charge on any atom is 0.156 e. The van der Waals surface area contributed by atoms with E-state index in [4.69, 9.17) is 10.1 Å². The summed E-state index contributed by atoms with van der Waals surface area (Å²) >= 11 is 1.51. The maximum absolute atomic E-state index is 8.07. The van der Waals surface area contributed by atoms with Crippen LogP contribution >= 0.6 is 11.8 Å². The second-order valence-electron chi connectivity index (χ2n) is 7.56. The molecule has 1 aromatic carbocycles.